The predicted molar refractivity (Wildman–Crippen MR) is 80.1 cm³/mol. The van der Waals surface area contributed by atoms with Gasteiger partial charge in [-0.1, -0.05) is 42.5 Å². The summed E-state index contributed by atoms with van der Waals surface area (Å²) in [5, 5.41) is 11.5. The Hall–Kier alpha value is -2.23. The molecule has 3 nitrogen and oxygen atoms in total. The summed E-state index contributed by atoms with van der Waals surface area (Å²) >= 11 is 0. The van der Waals surface area contributed by atoms with Crippen molar-refractivity contribution in [2.45, 2.75) is 12.1 Å². The third-order valence-electron chi connectivity index (χ3n) is 3.49. The molecule has 0 saturated heterocycles. The molecular weight excluding hydrogens is 248 g/mol. The first kappa shape index (κ1) is 12.8. The van der Waals surface area contributed by atoms with Gasteiger partial charge in [-0.25, -0.2) is 0 Å². The number of aliphatic hydroxyl groups excluding tert-OH is 1. The molecule has 3 heteroatoms. The minimum absolute atomic E-state index is 0.440. The van der Waals surface area contributed by atoms with E-state index in [-0.39, 0.29) is 0 Å². The number of pyridine rings is 1. The first-order valence-corrected chi connectivity index (χ1v) is 6.59. The van der Waals surface area contributed by atoms with Gasteiger partial charge in [-0.05, 0) is 29.3 Å². The Bertz CT molecular complexity index is 712. The van der Waals surface area contributed by atoms with Crippen LogP contribution in [0.15, 0.2) is 66.9 Å². The molecule has 0 fully saturated rings. The summed E-state index contributed by atoms with van der Waals surface area (Å²) in [7, 11) is 0. The van der Waals surface area contributed by atoms with Gasteiger partial charge in [0.2, 0.25) is 0 Å². The quantitative estimate of drug-likeness (QED) is 0.764. The summed E-state index contributed by atoms with van der Waals surface area (Å²) in [6, 6.07) is 18.8. The van der Waals surface area contributed by atoms with E-state index in [1.54, 1.807) is 6.20 Å². The Morgan fingerprint density at radius 2 is 1.70 bits per heavy atom. The summed E-state index contributed by atoms with van der Waals surface area (Å²) in [5.41, 5.74) is 8.79. The molecule has 1 aromatic heterocycles. The molecule has 0 aliphatic carbocycles. The number of hydrogen-bond donors (Lipinski definition) is 2. The number of aromatic nitrogens is 1. The maximum absolute atomic E-state index is 10.5. The van der Waals surface area contributed by atoms with E-state index in [4.69, 9.17) is 5.73 Å². The molecule has 0 radical (unpaired) electrons. The Kier molecular flexibility index (Phi) is 3.46. The summed E-state index contributed by atoms with van der Waals surface area (Å²) in [4.78, 5) is 4.27. The van der Waals surface area contributed by atoms with Gasteiger partial charge in [-0.15, -0.1) is 0 Å². The molecule has 2 unspecified atom stereocenters. The first-order chi connectivity index (χ1) is 9.75. The van der Waals surface area contributed by atoms with Crippen LogP contribution < -0.4 is 5.73 Å². The maximum atomic E-state index is 10.5. The predicted octanol–water partition coefficient (Wildman–Crippen LogP) is 2.97. The van der Waals surface area contributed by atoms with Crippen LogP contribution in [-0.2, 0) is 0 Å². The summed E-state index contributed by atoms with van der Waals surface area (Å²) in [6.07, 6.45) is 1.02. The lowest BCUT2D eigenvalue weighted by Gasteiger charge is -2.20. The maximum Gasteiger partial charge on any atom is 0.0982 e. The van der Waals surface area contributed by atoms with Crippen molar-refractivity contribution in [3.05, 3.63) is 78.0 Å². The normalized spacial score (nSPS) is 14.1. The number of nitrogens with zero attached hydrogens (tertiary/aromatic N) is 1. The van der Waals surface area contributed by atoms with Gasteiger partial charge in [-0.3, -0.25) is 4.98 Å². The van der Waals surface area contributed by atoms with Crippen LogP contribution >= 0.6 is 0 Å². The van der Waals surface area contributed by atoms with Crippen molar-refractivity contribution in [1.82, 2.24) is 4.98 Å². The highest BCUT2D eigenvalue weighted by molar-refractivity contribution is 5.79. The topological polar surface area (TPSA) is 59.1 Å². The van der Waals surface area contributed by atoms with Gasteiger partial charge in [-0.2, -0.15) is 0 Å². The van der Waals surface area contributed by atoms with Gasteiger partial charge in [0.25, 0.3) is 0 Å². The van der Waals surface area contributed by atoms with Crippen LogP contribution in [0.1, 0.15) is 23.3 Å². The third kappa shape index (κ3) is 2.41. The number of rotatable bonds is 3. The Morgan fingerprint density at radius 1 is 0.900 bits per heavy atom. The molecule has 20 heavy (non-hydrogen) atoms. The fraction of sp³-hybridized carbons (Fsp3) is 0.118. The lowest BCUT2D eigenvalue weighted by Crippen LogP contribution is -2.19. The minimum Gasteiger partial charge on any atom is -0.386 e. The Morgan fingerprint density at radius 3 is 2.50 bits per heavy atom. The molecule has 2 aromatic carbocycles. The molecule has 0 bridgehead atoms. The lowest BCUT2D eigenvalue weighted by atomic mass is 9.96. The van der Waals surface area contributed by atoms with Crippen LogP contribution in [0.5, 0.6) is 0 Å². The average molecular weight is 264 g/mol. The zero-order valence-electron chi connectivity index (χ0n) is 11.0. The standard InChI is InChI=1S/C17H16N2O/c18-16(12-5-2-1-3-6-12)17(20)14-8-9-15-13(11-14)7-4-10-19-15/h1-11,16-17,20H,18H2. The van der Waals surface area contributed by atoms with Crippen molar-refractivity contribution in [2.24, 2.45) is 5.73 Å². The van der Waals surface area contributed by atoms with Crippen LogP contribution in [0.25, 0.3) is 10.9 Å². The van der Waals surface area contributed by atoms with Crippen LogP contribution in [-0.4, -0.2) is 10.1 Å². The third-order valence-corrected chi connectivity index (χ3v) is 3.49. The molecule has 0 amide bonds. The highest BCUT2D eigenvalue weighted by Gasteiger charge is 2.18. The van der Waals surface area contributed by atoms with Crippen molar-refractivity contribution in [1.29, 1.82) is 0 Å². The highest BCUT2D eigenvalue weighted by atomic mass is 16.3. The molecule has 3 rings (SSSR count). The Balaban J connectivity index is 1.94. The van der Waals surface area contributed by atoms with Crippen molar-refractivity contribution < 1.29 is 5.11 Å². The minimum atomic E-state index is -0.734. The second-order valence-electron chi connectivity index (χ2n) is 4.84. The fourth-order valence-corrected chi connectivity index (χ4v) is 2.34. The largest absolute Gasteiger partial charge is 0.386 e. The molecule has 0 aliphatic rings. The smallest absolute Gasteiger partial charge is 0.0982 e. The van der Waals surface area contributed by atoms with Gasteiger partial charge in [0, 0.05) is 11.6 Å². The van der Waals surface area contributed by atoms with Crippen LogP contribution in [0, 0.1) is 0 Å². The monoisotopic (exact) mass is 264 g/mol. The van der Waals surface area contributed by atoms with E-state index in [0.29, 0.717) is 0 Å². The zero-order valence-corrected chi connectivity index (χ0v) is 11.0. The SMILES string of the molecule is NC(c1ccccc1)C(O)c1ccc2ncccc2c1. The van der Waals surface area contributed by atoms with E-state index in [1.807, 2.05) is 60.7 Å². The fourth-order valence-electron chi connectivity index (χ4n) is 2.34. The molecule has 3 aromatic rings. The van der Waals surface area contributed by atoms with Gasteiger partial charge in [0.15, 0.2) is 0 Å². The molecule has 3 N–H and O–H groups in total. The zero-order chi connectivity index (χ0) is 13.9. The van der Waals surface area contributed by atoms with Gasteiger partial charge < -0.3 is 10.8 Å². The van der Waals surface area contributed by atoms with Gasteiger partial charge in [0.05, 0.1) is 17.7 Å². The van der Waals surface area contributed by atoms with Crippen LogP contribution in [0.3, 0.4) is 0 Å². The number of nitrogens with two attached hydrogens (primary N) is 1. The molecule has 0 spiro atoms. The first-order valence-electron chi connectivity index (χ1n) is 6.59. The average Bonchev–Trinajstić information content (AvgIpc) is 2.54. The van der Waals surface area contributed by atoms with Crippen molar-refractivity contribution in [2.75, 3.05) is 0 Å². The molecule has 0 aliphatic heterocycles. The molecule has 1 heterocycles. The summed E-state index contributed by atoms with van der Waals surface area (Å²) in [5.74, 6) is 0. The summed E-state index contributed by atoms with van der Waals surface area (Å²) in [6.45, 7) is 0. The van der Waals surface area contributed by atoms with E-state index in [9.17, 15) is 5.11 Å². The number of hydrogen-bond acceptors (Lipinski definition) is 3. The second-order valence-corrected chi connectivity index (χ2v) is 4.84. The van der Waals surface area contributed by atoms with Crippen molar-refractivity contribution in [3.63, 3.8) is 0 Å². The van der Waals surface area contributed by atoms with Gasteiger partial charge in [0.1, 0.15) is 0 Å². The van der Waals surface area contributed by atoms with Crippen LogP contribution in [0.4, 0.5) is 0 Å². The van der Waals surface area contributed by atoms with E-state index < -0.39 is 12.1 Å². The second kappa shape index (κ2) is 5.41. The lowest BCUT2D eigenvalue weighted by molar-refractivity contribution is 0.147. The molecule has 0 saturated carbocycles. The number of aliphatic hydroxyl groups is 1. The molecular formula is C17H16N2O. The van der Waals surface area contributed by atoms with E-state index in [0.717, 1.165) is 22.0 Å². The van der Waals surface area contributed by atoms with Crippen molar-refractivity contribution >= 4 is 10.9 Å². The van der Waals surface area contributed by atoms with Crippen LogP contribution in [0.2, 0.25) is 0 Å². The number of benzene rings is 2. The summed E-state index contributed by atoms with van der Waals surface area (Å²) < 4.78 is 0. The van der Waals surface area contributed by atoms with E-state index in [1.165, 1.54) is 0 Å². The van der Waals surface area contributed by atoms with E-state index >= 15 is 0 Å². The number of fused-ring (bicyclic) bond motifs is 1. The molecule has 100 valence electrons. The Labute approximate surface area is 117 Å². The molecule has 2 atom stereocenters. The van der Waals surface area contributed by atoms with Crippen molar-refractivity contribution in [3.8, 4) is 0 Å². The van der Waals surface area contributed by atoms with E-state index in [2.05, 4.69) is 4.98 Å². The van der Waals surface area contributed by atoms with Gasteiger partial charge >= 0.3 is 0 Å². The highest BCUT2D eigenvalue weighted by Crippen LogP contribution is 2.28.